The fourth-order valence-corrected chi connectivity index (χ4v) is 7.59. The predicted octanol–water partition coefficient (Wildman–Crippen LogP) is 6.60. The molecular weight excluding hydrogens is 632 g/mol. The van der Waals surface area contributed by atoms with Gasteiger partial charge in [-0.25, -0.2) is 8.70 Å². The van der Waals surface area contributed by atoms with E-state index in [4.69, 9.17) is 0 Å². The Labute approximate surface area is 279 Å². The minimum atomic E-state index is -0.701. The summed E-state index contributed by atoms with van der Waals surface area (Å²) in [5.74, 6) is 8.00. The van der Waals surface area contributed by atoms with Crippen molar-refractivity contribution in [3.63, 3.8) is 0 Å². The summed E-state index contributed by atoms with van der Waals surface area (Å²) in [5, 5.41) is 10.9. The van der Waals surface area contributed by atoms with E-state index in [0.29, 0.717) is 33.5 Å². The number of nitrogens with zero attached hydrogens (tertiary/aromatic N) is 2. The summed E-state index contributed by atoms with van der Waals surface area (Å²) < 4.78 is 48.6. The van der Waals surface area contributed by atoms with Crippen LogP contribution in [-0.4, -0.2) is 84.2 Å². The van der Waals surface area contributed by atoms with E-state index in [1.54, 1.807) is 11.9 Å². The molecule has 1 amide bonds. The number of rotatable bonds is 15. The van der Waals surface area contributed by atoms with Crippen molar-refractivity contribution in [1.82, 2.24) is 14.2 Å². The van der Waals surface area contributed by atoms with Gasteiger partial charge in [0.05, 0.1) is 38.7 Å². The van der Waals surface area contributed by atoms with Gasteiger partial charge in [-0.15, -0.1) is 0 Å². The summed E-state index contributed by atoms with van der Waals surface area (Å²) in [5.41, 5.74) is 5.07. The van der Waals surface area contributed by atoms with Crippen LogP contribution in [0.4, 0.5) is 24.5 Å². The summed E-state index contributed by atoms with van der Waals surface area (Å²) >= 11 is 1.72. The lowest BCUT2D eigenvalue weighted by atomic mass is 10.1. The zero-order chi connectivity index (χ0) is 33.7. The van der Waals surface area contributed by atoms with E-state index in [1.807, 2.05) is 16.7 Å². The van der Waals surface area contributed by atoms with Crippen molar-refractivity contribution in [3.05, 3.63) is 53.7 Å². The fourth-order valence-electron chi connectivity index (χ4n) is 5.21. The summed E-state index contributed by atoms with van der Waals surface area (Å²) in [6, 6.07) is 14.9. The van der Waals surface area contributed by atoms with Gasteiger partial charge in [-0.2, -0.15) is 0 Å². The molecule has 0 spiro atoms. The number of hydrogen-bond acceptors (Lipinski definition) is 6. The Balaban J connectivity index is 0.00000177. The monoisotopic (exact) mass is 679 g/mol. The molecule has 4 rings (SSSR count). The molecule has 0 bridgehead atoms. The normalized spacial score (nSPS) is 15.5. The first kappa shape index (κ1) is 39.0. The van der Waals surface area contributed by atoms with Crippen LogP contribution in [0, 0.1) is 11.8 Å². The second-order valence-electron chi connectivity index (χ2n) is 10.3. The van der Waals surface area contributed by atoms with Crippen LogP contribution < -0.4 is 16.0 Å². The third-order valence-corrected chi connectivity index (χ3v) is 9.81. The summed E-state index contributed by atoms with van der Waals surface area (Å²) in [6.45, 7) is 6.92. The van der Waals surface area contributed by atoms with E-state index in [2.05, 4.69) is 76.3 Å². The van der Waals surface area contributed by atoms with Gasteiger partial charge in [-0.05, 0) is 85.5 Å². The Morgan fingerprint density at radius 3 is 2.50 bits per heavy atom. The van der Waals surface area contributed by atoms with Crippen LogP contribution in [-0.2, 0) is 28.6 Å². The lowest BCUT2D eigenvalue weighted by molar-refractivity contribution is -0.109. The smallest absolute Gasteiger partial charge is 0.207 e. The average Bonchev–Trinajstić information content (AvgIpc) is 3.44. The number of nitrogens with one attached hydrogen (secondary N) is 3. The van der Waals surface area contributed by atoms with Crippen molar-refractivity contribution in [3.8, 4) is 11.8 Å². The fraction of sp³-hybridized carbons (Fsp3) is 0.500. The number of fused-ring (bicyclic) bond motifs is 1. The number of aryl methyl sites for hydroxylation is 2. The molecule has 1 aliphatic heterocycles. The average molecular weight is 680 g/mol. The second kappa shape index (κ2) is 22.4. The molecule has 0 radical (unpaired) electrons. The van der Waals surface area contributed by atoms with Gasteiger partial charge in [0.25, 0.3) is 0 Å². The Kier molecular flexibility index (Phi) is 19.0. The molecular formula is C34H48F3N5O2S2. The summed E-state index contributed by atoms with van der Waals surface area (Å²) in [4.78, 5) is 11.8. The SMILES string of the molecule is CCCN(CCNC=O)Sc1ccc(NCC#Cc2cc3c(NC4CCS(=O)CC4)cccc3n2CCF)c(CC)c1.CF.CF. The van der Waals surface area contributed by atoms with Gasteiger partial charge in [-0.3, -0.25) is 17.8 Å². The minimum absolute atomic E-state index is 0.256. The lowest BCUT2D eigenvalue weighted by Crippen LogP contribution is -2.29. The van der Waals surface area contributed by atoms with Crippen LogP contribution in [0.5, 0.6) is 0 Å². The number of benzene rings is 2. The molecule has 12 heteroatoms. The zero-order valence-electron chi connectivity index (χ0n) is 27.3. The number of anilines is 2. The Morgan fingerprint density at radius 1 is 1.07 bits per heavy atom. The highest BCUT2D eigenvalue weighted by Gasteiger charge is 2.19. The molecule has 7 nitrogen and oxygen atoms in total. The number of amides is 1. The number of hydrogen-bond donors (Lipinski definition) is 3. The first-order valence-electron chi connectivity index (χ1n) is 15.6. The van der Waals surface area contributed by atoms with Gasteiger partial charge in [0.1, 0.15) is 6.67 Å². The van der Waals surface area contributed by atoms with Crippen LogP contribution in [0.3, 0.4) is 0 Å². The van der Waals surface area contributed by atoms with Crippen LogP contribution in [0.25, 0.3) is 10.9 Å². The van der Waals surface area contributed by atoms with Crippen LogP contribution in [0.2, 0.25) is 0 Å². The molecule has 3 aromatic rings. The molecule has 1 fully saturated rings. The predicted molar refractivity (Wildman–Crippen MR) is 189 cm³/mol. The largest absolute Gasteiger partial charge is 0.382 e. The lowest BCUT2D eigenvalue weighted by Gasteiger charge is -2.24. The molecule has 2 heterocycles. The first-order valence-corrected chi connectivity index (χ1v) is 17.8. The van der Waals surface area contributed by atoms with Crippen molar-refractivity contribution >= 4 is 51.4 Å². The van der Waals surface area contributed by atoms with Crippen molar-refractivity contribution in [2.24, 2.45) is 0 Å². The van der Waals surface area contributed by atoms with Gasteiger partial charge in [0.2, 0.25) is 6.41 Å². The highest BCUT2D eigenvalue weighted by atomic mass is 32.2. The highest BCUT2D eigenvalue weighted by Crippen LogP contribution is 2.30. The first-order chi connectivity index (χ1) is 22.6. The number of carbonyl (C=O) groups is 1. The van der Waals surface area contributed by atoms with E-state index in [1.165, 1.54) is 10.5 Å². The van der Waals surface area contributed by atoms with E-state index in [0.717, 1.165) is 84.7 Å². The standard InChI is InChI=1S/C32H42FN5O2S2.2CH3F/c1-3-17-37(19-16-34-24-39)41-28-10-11-30(25(4-2)22-28)35-15-6-7-27-23-29-31(36-26-12-20-42(40)21-13-26)8-5-9-32(29)38(27)18-14-33;2*1-2/h5,8-11,22-24,26,35-36H,3-4,12-21H2,1-2H3,(H,34,39);2*1H3. The van der Waals surface area contributed by atoms with Gasteiger partial charge < -0.3 is 20.5 Å². The molecule has 1 aromatic heterocycles. The number of aromatic nitrogens is 1. The van der Waals surface area contributed by atoms with E-state index in [9.17, 15) is 22.2 Å². The minimum Gasteiger partial charge on any atom is -0.382 e. The second-order valence-corrected chi connectivity index (χ2v) is 13.2. The van der Waals surface area contributed by atoms with Gasteiger partial charge in [-0.1, -0.05) is 25.8 Å². The summed E-state index contributed by atoms with van der Waals surface area (Å²) in [7, 11) is 0.299. The number of carbonyl (C=O) groups excluding carboxylic acids is 1. The van der Waals surface area contributed by atoms with Gasteiger partial charge in [0.15, 0.2) is 0 Å². The van der Waals surface area contributed by atoms with E-state index >= 15 is 0 Å². The molecule has 0 atom stereocenters. The summed E-state index contributed by atoms with van der Waals surface area (Å²) in [6.07, 6.45) is 4.46. The van der Waals surface area contributed by atoms with Crippen molar-refractivity contribution in [2.45, 2.75) is 57.0 Å². The molecule has 0 aliphatic carbocycles. The topological polar surface area (TPSA) is 78.4 Å². The molecule has 46 heavy (non-hydrogen) atoms. The van der Waals surface area contributed by atoms with Crippen molar-refractivity contribution < 1.29 is 22.2 Å². The third kappa shape index (κ3) is 11.9. The molecule has 0 unspecified atom stereocenters. The molecule has 254 valence electrons. The highest BCUT2D eigenvalue weighted by molar-refractivity contribution is 7.97. The molecule has 0 saturated carbocycles. The zero-order valence-corrected chi connectivity index (χ0v) is 29.0. The van der Waals surface area contributed by atoms with Crippen LogP contribution >= 0.6 is 11.9 Å². The molecule has 2 aromatic carbocycles. The number of halogens is 3. The maximum absolute atomic E-state index is 13.6. The third-order valence-electron chi connectivity index (χ3n) is 7.34. The van der Waals surface area contributed by atoms with E-state index < -0.39 is 17.5 Å². The van der Waals surface area contributed by atoms with Crippen molar-refractivity contribution in [2.75, 3.05) is 69.3 Å². The molecule has 3 N–H and O–H groups in total. The quantitative estimate of drug-likeness (QED) is 0.0728. The molecule has 1 aliphatic rings. The van der Waals surface area contributed by atoms with Crippen molar-refractivity contribution in [1.29, 1.82) is 0 Å². The Hall–Kier alpha value is -3.14. The Morgan fingerprint density at radius 2 is 1.83 bits per heavy atom. The van der Waals surface area contributed by atoms with Gasteiger partial charge in [0, 0.05) is 69.6 Å². The maximum Gasteiger partial charge on any atom is 0.207 e. The van der Waals surface area contributed by atoms with Gasteiger partial charge >= 0.3 is 0 Å². The molecule has 1 saturated heterocycles. The van der Waals surface area contributed by atoms with Crippen LogP contribution in [0.15, 0.2) is 47.4 Å². The van der Waals surface area contributed by atoms with Crippen LogP contribution in [0.1, 0.15) is 44.4 Å². The number of alkyl halides is 3. The van der Waals surface area contributed by atoms with E-state index in [-0.39, 0.29) is 6.54 Å². The maximum atomic E-state index is 13.6. The Bertz CT molecular complexity index is 1420.